The van der Waals surface area contributed by atoms with E-state index in [1.807, 2.05) is 32.2 Å². The zero-order chi connectivity index (χ0) is 20.4. The largest absolute Gasteiger partial charge is 0.435 e. The third kappa shape index (κ3) is 4.13. The lowest BCUT2D eigenvalue weighted by atomic mass is 9.90. The van der Waals surface area contributed by atoms with Gasteiger partial charge in [0.2, 0.25) is 5.91 Å². The van der Waals surface area contributed by atoms with Crippen molar-refractivity contribution in [2.75, 3.05) is 11.9 Å². The molecule has 2 radical (unpaired) electrons. The average Bonchev–Trinajstić information content (AvgIpc) is 3.10. The van der Waals surface area contributed by atoms with Crippen molar-refractivity contribution in [2.24, 2.45) is 5.73 Å². The van der Waals surface area contributed by atoms with Crippen LogP contribution in [0.4, 0.5) is 14.5 Å². The molecule has 0 aliphatic heterocycles. The van der Waals surface area contributed by atoms with Crippen molar-refractivity contribution in [3.05, 3.63) is 53.1 Å². The van der Waals surface area contributed by atoms with Gasteiger partial charge < -0.3 is 15.4 Å². The maximum absolute atomic E-state index is 12.9. The fraction of sp³-hybridized carbons (Fsp3) is 0.381. The molecule has 146 valence electrons. The molecule has 2 aromatic rings. The molecular weight excluding hydrogens is 361 g/mol. The van der Waals surface area contributed by atoms with Crippen molar-refractivity contribution in [3.8, 4) is 5.75 Å². The van der Waals surface area contributed by atoms with Gasteiger partial charge in [0.1, 0.15) is 13.6 Å². The van der Waals surface area contributed by atoms with E-state index in [4.69, 9.17) is 13.6 Å². The molecule has 1 aliphatic rings. The van der Waals surface area contributed by atoms with Crippen LogP contribution in [0.1, 0.15) is 46.7 Å². The number of hydrogen-bond donors (Lipinski definition) is 1. The Morgan fingerprint density at radius 3 is 2.68 bits per heavy atom. The number of nitrogens with two attached hydrogens (primary N) is 1. The maximum atomic E-state index is 12.9. The van der Waals surface area contributed by atoms with Crippen molar-refractivity contribution in [3.63, 3.8) is 0 Å². The number of halogens is 2. The van der Waals surface area contributed by atoms with Gasteiger partial charge in [0.25, 0.3) is 0 Å². The quantitative estimate of drug-likeness (QED) is 0.778. The minimum atomic E-state index is -2.96. The normalized spacial score (nSPS) is 19.0. The summed E-state index contributed by atoms with van der Waals surface area (Å²) in [4.78, 5) is 14.0. The zero-order valence-corrected chi connectivity index (χ0v) is 16.0. The van der Waals surface area contributed by atoms with Crippen LogP contribution in [0, 0.1) is 6.92 Å². The van der Waals surface area contributed by atoms with E-state index in [0.717, 1.165) is 24.1 Å². The Bertz CT molecular complexity index is 875. The molecule has 0 heterocycles. The van der Waals surface area contributed by atoms with Gasteiger partial charge in [0, 0.05) is 29.9 Å². The summed E-state index contributed by atoms with van der Waals surface area (Å²) in [5.74, 6) is -0.722. The van der Waals surface area contributed by atoms with E-state index in [1.54, 1.807) is 6.07 Å². The second-order valence-electron chi connectivity index (χ2n) is 7.30. The first-order chi connectivity index (χ1) is 13.3. The molecule has 4 nitrogen and oxygen atoms in total. The number of primary amides is 1. The van der Waals surface area contributed by atoms with Crippen molar-refractivity contribution < 1.29 is 18.3 Å². The van der Waals surface area contributed by atoms with E-state index in [2.05, 4.69) is 9.64 Å². The number of hydrogen-bond acceptors (Lipinski definition) is 3. The summed E-state index contributed by atoms with van der Waals surface area (Å²) in [5.41, 5.74) is 8.92. The van der Waals surface area contributed by atoms with E-state index >= 15 is 0 Å². The molecule has 1 aliphatic carbocycles. The summed E-state index contributed by atoms with van der Waals surface area (Å²) in [5, 5.41) is 0. The number of ether oxygens (including phenoxy) is 1. The van der Waals surface area contributed by atoms with Crippen LogP contribution in [0.25, 0.3) is 0 Å². The molecule has 2 atom stereocenters. The smallest absolute Gasteiger partial charge is 0.387 e. The van der Waals surface area contributed by atoms with Gasteiger partial charge in [-0.1, -0.05) is 29.2 Å². The van der Waals surface area contributed by atoms with Crippen LogP contribution in [-0.4, -0.2) is 33.5 Å². The number of alkyl halides is 2. The standard InChI is InChI=1S/C21H23BF2N2O2/c1-12-6-9-17(16(22)10-12)26(2)14-8-7-13(11-14)19-15(20(25)27)4-3-5-18(19)28-21(23)24/h3-6,9-10,13-14,21H,7-8,11H2,1-2H3,(H2,25,27). The van der Waals surface area contributed by atoms with Crippen molar-refractivity contribution in [1.82, 2.24) is 0 Å². The van der Waals surface area contributed by atoms with E-state index in [1.165, 1.54) is 12.1 Å². The molecule has 0 bridgehead atoms. The lowest BCUT2D eigenvalue weighted by Gasteiger charge is -2.29. The van der Waals surface area contributed by atoms with Crippen LogP contribution in [-0.2, 0) is 0 Å². The Morgan fingerprint density at radius 2 is 2.04 bits per heavy atom. The van der Waals surface area contributed by atoms with Crippen molar-refractivity contribution in [2.45, 2.75) is 44.8 Å². The highest BCUT2D eigenvalue weighted by molar-refractivity contribution is 6.36. The van der Waals surface area contributed by atoms with Gasteiger partial charge in [0.15, 0.2) is 0 Å². The van der Waals surface area contributed by atoms with Crippen molar-refractivity contribution in [1.29, 1.82) is 0 Å². The minimum Gasteiger partial charge on any atom is -0.435 e. The van der Waals surface area contributed by atoms with Gasteiger partial charge in [0.05, 0.1) is 0 Å². The monoisotopic (exact) mass is 384 g/mol. The maximum Gasteiger partial charge on any atom is 0.387 e. The first kappa shape index (κ1) is 20.2. The number of anilines is 1. The van der Waals surface area contributed by atoms with Crippen LogP contribution in [0.15, 0.2) is 36.4 Å². The molecule has 1 amide bonds. The van der Waals surface area contributed by atoms with E-state index in [0.29, 0.717) is 17.4 Å². The fourth-order valence-corrected chi connectivity index (χ4v) is 4.14. The molecule has 7 heteroatoms. The van der Waals surface area contributed by atoms with E-state index in [-0.39, 0.29) is 23.3 Å². The van der Waals surface area contributed by atoms with Gasteiger partial charge in [-0.25, -0.2) is 0 Å². The van der Waals surface area contributed by atoms with Crippen molar-refractivity contribution >= 4 is 24.9 Å². The van der Waals surface area contributed by atoms with Gasteiger partial charge in [-0.15, -0.1) is 0 Å². The summed E-state index contributed by atoms with van der Waals surface area (Å²) in [6.45, 7) is -0.981. The second-order valence-corrected chi connectivity index (χ2v) is 7.30. The number of carbonyl (C=O) groups excluding carboxylic acids is 1. The van der Waals surface area contributed by atoms with Crippen LogP contribution >= 0.6 is 0 Å². The third-order valence-electron chi connectivity index (χ3n) is 5.47. The first-order valence-corrected chi connectivity index (χ1v) is 9.24. The molecular formula is C21H23BF2N2O2. The Balaban J connectivity index is 1.88. The van der Waals surface area contributed by atoms with Gasteiger partial charge in [-0.3, -0.25) is 4.79 Å². The Hall–Kier alpha value is -2.57. The zero-order valence-electron chi connectivity index (χ0n) is 16.0. The number of rotatable bonds is 6. The molecule has 1 fully saturated rings. The number of nitrogens with zero attached hydrogens (tertiary/aromatic N) is 1. The molecule has 1 saturated carbocycles. The van der Waals surface area contributed by atoms with Crippen LogP contribution in [0.5, 0.6) is 5.75 Å². The minimum absolute atomic E-state index is 0.0226. The predicted octanol–water partition coefficient (Wildman–Crippen LogP) is 3.26. The highest BCUT2D eigenvalue weighted by Crippen LogP contribution is 2.43. The summed E-state index contributed by atoms with van der Waals surface area (Å²) >= 11 is 0. The lowest BCUT2D eigenvalue weighted by molar-refractivity contribution is -0.0506. The van der Waals surface area contributed by atoms with Gasteiger partial charge in [-0.05, 0) is 50.3 Å². The third-order valence-corrected chi connectivity index (χ3v) is 5.47. The summed E-state index contributed by atoms with van der Waals surface area (Å²) in [6, 6.07) is 10.6. The highest BCUT2D eigenvalue weighted by atomic mass is 19.3. The molecule has 2 unspecified atom stereocenters. The first-order valence-electron chi connectivity index (χ1n) is 9.24. The Labute approximate surface area is 165 Å². The molecule has 0 aromatic heterocycles. The molecule has 2 N–H and O–H groups in total. The van der Waals surface area contributed by atoms with Crippen LogP contribution < -0.4 is 20.8 Å². The molecule has 0 saturated heterocycles. The summed E-state index contributed by atoms with van der Waals surface area (Å²) < 4.78 is 30.4. The van der Waals surface area contributed by atoms with Gasteiger partial charge in [-0.2, -0.15) is 8.78 Å². The van der Waals surface area contributed by atoms with Crippen LogP contribution in [0.3, 0.4) is 0 Å². The predicted molar refractivity (Wildman–Crippen MR) is 107 cm³/mol. The fourth-order valence-electron chi connectivity index (χ4n) is 4.14. The molecule has 3 rings (SSSR count). The summed E-state index contributed by atoms with van der Waals surface area (Å²) in [6.07, 6.45) is 2.27. The summed E-state index contributed by atoms with van der Waals surface area (Å²) in [7, 11) is 8.15. The molecule has 28 heavy (non-hydrogen) atoms. The number of amides is 1. The second kappa shape index (κ2) is 8.21. The SMILES string of the molecule is [B]c1cc(C)ccc1N(C)C1CCC(c2c(OC(F)F)cccc2C(N)=O)C1. The molecule has 2 aromatic carbocycles. The van der Waals surface area contributed by atoms with Gasteiger partial charge >= 0.3 is 6.61 Å². The van der Waals surface area contributed by atoms with Crippen LogP contribution in [0.2, 0.25) is 0 Å². The molecule has 0 spiro atoms. The number of carbonyl (C=O) groups is 1. The topological polar surface area (TPSA) is 55.6 Å². The van der Waals surface area contributed by atoms with E-state index < -0.39 is 12.5 Å². The number of aryl methyl sites for hydroxylation is 1. The Morgan fingerprint density at radius 1 is 1.29 bits per heavy atom. The number of benzene rings is 2. The average molecular weight is 384 g/mol. The van der Waals surface area contributed by atoms with E-state index in [9.17, 15) is 13.6 Å². The lowest BCUT2D eigenvalue weighted by Crippen LogP contribution is -2.33. The Kier molecular flexibility index (Phi) is 5.91. The highest BCUT2D eigenvalue weighted by Gasteiger charge is 2.33.